The van der Waals surface area contributed by atoms with Crippen molar-refractivity contribution in [1.82, 2.24) is 0 Å². The molecule has 15 heavy (non-hydrogen) atoms. The Kier molecular flexibility index (Phi) is 2.76. The summed E-state index contributed by atoms with van der Waals surface area (Å²) in [5.41, 5.74) is 3.81. The summed E-state index contributed by atoms with van der Waals surface area (Å²) in [4.78, 5) is 2.17. The van der Waals surface area contributed by atoms with Crippen LogP contribution in [0.3, 0.4) is 0 Å². The number of nitrogens with zero attached hydrogens (tertiary/aromatic N) is 1. The quantitative estimate of drug-likeness (QED) is 0.743. The van der Waals surface area contributed by atoms with Crippen molar-refractivity contribution in [2.75, 3.05) is 11.4 Å². The number of nitrogens with one attached hydrogen (secondary N) is 1. The van der Waals surface area contributed by atoms with Gasteiger partial charge in [-0.25, -0.2) is 0 Å². The molecule has 0 saturated carbocycles. The largest absolute Gasteiger partial charge is 0.330 e. The molecule has 1 saturated heterocycles. The molecule has 1 fully saturated rings. The number of rotatable bonds is 1. The summed E-state index contributed by atoms with van der Waals surface area (Å²) >= 11 is 0. The molecule has 80 valence electrons. The van der Waals surface area contributed by atoms with E-state index in [0.717, 1.165) is 18.8 Å². The zero-order valence-electron chi connectivity index (χ0n) is 9.51. The van der Waals surface area contributed by atoms with Crippen molar-refractivity contribution in [1.29, 1.82) is 5.41 Å². The first-order valence-corrected chi connectivity index (χ1v) is 5.61. The van der Waals surface area contributed by atoms with E-state index in [1.807, 2.05) is 0 Å². The van der Waals surface area contributed by atoms with E-state index >= 15 is 0 Å². The topological polar surface area (TPSA) is 27.1 Å². The van der Waals surface area contributed by atoms with E-state index in [9.17, 15) is 0 Å². The number of hydrogen-bond donors (Lipinski definition) is 1. The first-order chi connectivity index (χ1) is 7.20. The number of para-hydroxylation sites is 1. The maximum atomic E-state index is 8.00. The van der Waals surface area contributed by atoms with Crippen LogP contribution in [0.25, 0.3) is 0 Å². The molecule has 0 amide bonds. The molecule has 2 heteroatoms. The lowest BCUT2D eigenvalue weighted by atomic mass is 10.0. The van der Waals surface area contributed by atoms with E-state index in [2.05, 4.69) is 36.9 Å². The second kappa shape index (κ2) is 4.05. The molecule has 1 aromatic carbocycles. The van der Waals surface area contributed by atoms with Gasteiger partial charge in [0.05, 0.1) is 0 Å². The summed E-state index contributed by atoms with van der Waals surface area (Å²) in [6.07, 6.45) is 3.30. The van der Waals surface area contributed by atoms with E-state index in [0.29, 0.717) is 0 Å². The van der Waals surface area contributed by atoms with Gasteiger partial charge in [0, 0.05) is 18.7 Å². The average molecular weight is 202 g/mol. The fraction of sp³-hybridized carbons (Fsp3) is 0.462. The molecule has 1 aliphatic rings. The minimum Gasteiger partial charge on any atom is -0.330 e. The standard InChI is InChI=1S/C13H18N2/c1-10-6-5-7-11(2)13(10)15-9-4-3-8-12(15)14/h5-7,14H,3-4,8-9H2,1-2H3. The van der Waals surface area contributed by atoms with Crippen LogP contribution in [0.5, 0.6) is 0 Å². The summed E-state index contributed by atoms with van der Waals surface area (Å²) in [5.74, 6) is 0.777. The molecule has 1 aromatic rings. The van der Waals surface area contributed by atoms with Gasteiger partial charge in [0.15, 0.2) is 0 Å². The Labute approximate surface area is 91.4 Å². The SMILES string of the molecule is Cc1cccc(C)c1N1CCCCC1=N. The minimum absolute atomic E-state index is 0.777. The average Bonchev–Trinajstić information content (AvgIpc) is 2.20. The molecule has 0 unspecified atom stereocenters. The molecule has 0 spiro atoms. The number of anilines is 1. The second-order valence-corrected chi connectivity index (χ2v) is 4.30. The van der Waals surface area contributed by atoms with Crippen LogP contribution in [0.2, 0.25) is 0 Å². The lowest BCUT2D eigenvalue weighted by molar-refractivity contribution is 0.705. The van der Waals surface area contributed by atoms with Crippen molar-refractivity contribution in [2.24, 2.45) is 0 Å². The molecule has 0 aromatic heterocycles. The monoisotopic (exact) mass is 202 g/mol. The third kappa shape index (κ3) is 1.89. The van der Waals surface area contributed by atoms with Gasteiger partial charge >= 0.3 is 0 Å². The summed E-state index contributed by atoms with van der Waals surface area (Å²) in [7, 11) is 0. The van der Waals surface area contributed by atoms with Crippen molar-refractivity contribution in [2.45, 2.75) is 33.1 Å². The smallest absolute Gasteiger partial charge is 0.100 e. The van der Waals surface area contributed by atoms with Crippen LogP contribution in [-0.2, 0) is 0 Å². The first kappa shape index (κ1) is 10.2. The van der Waals surface area contributed by atoms with Gasteiger partial charge < -0.3 is 4.90 Å². The Hall–Kier alpha value is -1.31. The second-order valence-electron chi connectivity index (χ2n) is 4.30. The molecular formula is C13H18N2. The normalized spacial score (nSPS) is 16.9. The number of aryl methyl sites for hydroxylation is 2. The number of piperidine rings is 1. The van der Waals surface area contributed by atoms with Crippen molar-refractivity contribution in [3.63, 3.8) is 0 Å². The van der Waals surface area contributed by atoms with Gasteiger partial charge in [0.1, 0.15) is 5.84 Å². The van der Waals surface area contributed by atoms with Crippen LogP contribution in [0.4, 0.5) is 5.69 Å². The maximum absolute atomic E-state index is 8.00. The first-order valence-electron chi connectivity index (χ1n) is 5.61. The Balaban J connectivity index is 2.39. The Morgan fingerprint density at radius 1 is 1.13 bits per heavy atom. The Morgan fingerprint density at radius 2 is 1.80 bits per heavy atom. The molecule has 0 radical (unpaired) electrons. The van der Waals surface area contributed by atoms with Crippen LogP contribution in [0.1, 0.15) is 30.4 Å². The minimum atomic E-state index is 0.777. The number of amidine groups is 1. The van der Waals surface area contributed by atoms with Gasteiger partial charge in [-0.1, -0.05) is 18.2 Å². The highest BCUT2D eigenvalue weighted by Gasteiger charge is 2.19. The fourth-order valence-corrected chi connectivity index (χ4v) is 2.31. The van der Waals surface area contributed by atoms with E-state index in [1.165, 1.54) is 29.7 Å². The van der Waals surface area contributed by atoms with Crippen molar-refractivity contribution in [3.8, 4) is 0 Å². The summed E-state index contributed by atoms with van der Waals surface area (Å²) in [6.45, 7) is 5.26. The zero-order chi connectivity index (χ0) is 10.8. The zero-order valence-corrected chi connectivity index (χ0v) is 9.51. The summed E-state index contributed by atoms with van der Waals surface area (Å²) in [6, 6.07) is 6.34. The van der Waals surface area contributed by atoms with Gasteiger partial charge in [-0.3, -0.25) is 5.41 Å². The third-order valence-corrected chi connectivity index (χ3v) is 3.08. The van der Waals surface area contributed by atoms with Gasteiger partial charge in [-0.05, 0) is 37.8 Å². The highest BCUT2D eigenvalue weighted by atomic mass is 15.2. The van der Waals surface area contributed by atoms with Gasteiger partial charge in [0.2, 0.25) is 0 Å². The Morgan fingerprint density at radius 3 is 2.40 bits per heavy atom. The van der Waals surface area contributed by atoms with Crippen LogP contribution >= 0.6 is 0 Å². The number of hydrogen-bond acceptors (Lipinski definition) is 1. The molecule has 1 N–H and O–H groups in total. The predicted molar refractivity (Wildman–Crippen MR) is 64.8 cm³/mol. The molecular weight excluding hydrogens is 184 g/mol. The Bertz CT molecular complexity index is 362. The van der Waals surface area contributed by atoms with Crippen molar-refractivity contribution >= 4 is 11.5 Å². The lowest BCUT2D eigenvalue weighted by Gasteiger charge is -2.31. The fourth-order valence-electron chi connectivity index (χ4n) is 2.31. The van der Waals surface area contributed by atoms with Gasteiger partial charge in [-0.2, -0.15) is 0 Å². The third-order valence-electron chi connectivity index (χ3n) is 3.08. The van der Waals surface area contributed by atoms with Crippen LogP contribution in [-0.4, -0.2) is 12.4 Å². The van der Waals surface area contributed by atoms with Crippen LogP contribution in [0, 0.1) is 19.3 Å². The molecule has 0 aliphatic carbocycles. The van der Waals surface area contributed by atoms with Crippen molar-refractivity contribution in [3.05, 3.63) is 29.3 Å². The highest BCUT2D eigenvalue weighted by molar-refractivity contribution is 5.97. The van der Waals surface area contributed by atoms with Crippen LogP contribution in [0.15, 0.2) is 18.2 Å². The lowest BCUT2D eigenvalue weighted by Crippen LogP contribution is -2.35. The van der Waals surface area contributed by atoms with Crippen LogP contribution < -0.4 is 4.90 Å². The summed E-state index contributed by atoms with van der Waals surface area (Å²) < 4.78 is 0. The van der Waals surface area contributed by atoms with E-state index in [-0.39, 0.29) is 0 Å². The molecule has 0 bridgehead atoms. The van der Waals surface area contributed by atoms with E-state index in [1.54, 1.807) is 0 Å². The molecule has 1 heterocycles. The number of benzene rings is 1. The predicted octanol–water partition coefficient (Wildman–Crippen LogP) is 3.27. The highest BCUT2D eigenvalue weighted by Crippen LogP contribution is 2.27. The van der Waals surface area contributed by atoms with Crippen molar-refractivity contribution < 1.29 is 0 Å². The summed E-state index contributed by atoms with van der Waals surface area (Å²) in [5, 5.41) is 8.00. The molecule has 1 aliphatic heterocycles. The molecule has 2 nitrogen and oxygen atoms in total. The maximum Gasteiger partial charge on any atom is 0.100 e. The van der Waals surface area contributed by atoms with E-state index < -0.39 is 0 Å². The molecule has 0 atom stereocenters. The van der Waals surface area contributed by atoms with Gasteiger partial charge in [0.25, 0.3) is 0 Å². The van der Waals surface area contributed by atoms with Gasteiger partial charge in [-0.15, -0.1) is 0 Å². The van der Waals surface area contributed by atoms with E-state index in [4.69, 9.17) is 5.41 Å². The molecule has 2 rings (SSSR count).